The lowest BCUT2D eigenvalue weighted by atomic mass is 10.0. The van der Waals surface area contributed by atoms with E-state index >= 15 is 0 Å². The van der Waals surface area contributed by atoms with Crippen LogP contribution in [0.4, 0.5) is 11.8 Å². The number of aliphatic hydroxyl groups excluding tert-OH is 1. The Balaban J connectivity index is 1.48. The van der Waals surface area contributed by atoms with Crippen LogP contribution in [-0.2, 0) is 6.42 Å². The maximum absolute atomic E-state index is 9.97. The molecule has 1 fully saturated rings. The average molecular weight is 376 g/mol. The van der Waals surface area contributed by atoms with Crippen LogP contribution >= 0.6 is 0 Å². The fraction of sp³-hybridized carbons (Fsp3) is 0.300. The number of hydrogen-bond acceptors (Lipinski definition) is 8. The quantitative estimate of drug-likeness (QED) is 0.714. The van der Waals surface area contributed by atoms with Crippen molar-refractivity contribution in [2.45, 2.75) is 25.4 Å². The summed E-state index contributed by atoms with van der Waals surface area (Å²) < 4.78 is 5.35. The number of nitrogens with two attached hydrogens (primary N) is 1. The molecule has 0 spiro atoms. The first-order valence-corrected chi connectivity index (χ1v) is 9.36. The molecule has 2 aliphatic rings. The van der Waals surface area contributed by atoms with Crippen LogP contribution in [0.5, 0.6) is 0 Å². The highest BCUT2D eigenvalue weighted by atomic mass is 16.4. The van der Waals surface area contributed by atoms with Gasteiger partial charge in [0.05, 0.1) is 6.10 Å². The molecule has 3 N–H and O–H groups in total. The first-order valence-electron chi connectivity index (χ1n) is 9.36. The highest BCUT2D eigenvalue weighted by Gasteiger charge is 2.23. The molecule has 0 bridgehead atoms. The van der Waals surface area contributed by atoms with E-state index in [1.165, 1.54) is 5.56 Å². The fourth-order valence-corrected chi connectivity index (χ4v) is 3.84. The van der Waals surface area contributed by atoms with Crippen LogP contribution in [0.1, 0.15) is 29.8 Å². The number of nitrogens with zero attached hydrogens (tertiary/aromatic N) is 5. The van der Waals surface area contributed by atoms with Gasteiger partial charge in [-0.2, -0.15) is 0 Å². The minimum Gasteiger partial charge on any atom is -0.404 e. The first kappa shape index (κ1) is 16.9. The Morgan fingerprint density at radius 3 is 2.96 bits per heavy atom. The second-order valence-corrected chi connectivity index (χ2v) is 7.12. The molecule has 1 aromatic carbocycles. The molecule has 0 saturated carbocycles. The minimum absolute atomic E-state index is 0.0472. The summed E-state index contributed by atoms with van der Waals surface area (Å²) in [7, 11) is 0. The summed E-state index contributed by atoms with van der Waals surface area (Å²) in [5.74, 6) is 1.92. The summed E-state index contributed by atoms with van der Waals surface area (Å²) in [5.41, 5.74) is 9.61. The third-order valence-corrected chi connectivity index (χ3v) is 5.22. The minimum atomic E-state index is -0.303. The molecule has 1 aliphatic carbocycles. The zero-order valence-electron chi connectivity index (χ0n) is 15.2. The summed E-state index contributed by atoms with van der Waals surface area (Å²) in [4.78, 5) is 11.4. The molecular weight excluding hydrogens is 356 g/mol. The summed E-state index contributed by atoms with van der Waals surface area (Å²) in [5, 5.41) is 17.7. The van der Waals surface area contributed by atoms with Gasteiger partial charge in [-0.05, 0) is 48.6 Å². The van der Waals surface area contributed by atoms with E-state index in [1.807, 2.05) is 18.2 Å². The Kier molecular flexibility index (Phi) is 4.05. The molecule has 28 heavy (non-hydrogen) atoms. The maximum atomic E-state index is 9.97. The summed E-state index contributed by atoms with van der Waals surface area (Å²) in [6, 6.07) is 7.97. The number of fused-ring (bicyclic) bond motifs is 1. The van der Waals surface area contributed by atoms with Gasteiger partial charge >= 0.3 is 6.01 Å². The second-order valence-electron chi connectivity index (χ2n) is 7.12. The Morgan fingerprint density at radius 1 is 1.21 bits per heavy atom. The maximum Gasteiger partial charge on any atom is 0.313 e. The van der Waals surface area contributed by atoms with E-state index in [0.29, 0.717) is 18.3 Å². The molecule has 0 radical (unpaired) electrons. The predicted molar refractivity (Wildman–Crippen MR) is 104 cm³/mol. The number of aliphatic hydroxyl groups is 1. The van der Waals surface area contributed by atoms with Crippen LogP contribution in [0.3, 0.4) is 0 Å². The molecule has 3 heterocycles. The monoisotopic (exact) mass is 376 g/mol. The predicted octanol–water partition coefficient (Wildman–Crippen LogP) is 2.06. The molecule has 0 unspecified atom stereocenters. The number of benzene rings is 1. The largest absolute Gasteiger partial charge is 0.404 e. The Hall–Kier alpha value is -3.26. The van der Waals surface area contributed by atoms with E-state index in [2.05, 4.69) is 32.2 Å². The van der Waals surface area contributed by atoms with Gasteiger partial charge in [-0.25, -0.2) is 9.97 Å². The second kappa shape index (κ2) is 6.72. The number of allylic oxidation sites excluding steroid dienone is 1. The molecule has 1 saturated heterocycles. The van der Waals surface area contributed by atoms with Crippen LogP contribution in [0.2, 0.25) is 0 Å². The number of β-amino-alcohol motifs (C(OH)–C–C–N with tert-alkyl or cyclic N) is 1. The van der Waals surface area contributed by atoms with Gasteiger partial charge in [0.25, 0.3) is 0 Å². The highest BCUT2D eigenvalue weighted by molar-refractivity contribution is 5.84. The van der Waals surface area contributed by atoms with Crippen molar-refractivity contribution in [2.24, 2.45) is 0 Å². The van der Waals surface area contributed by atoms with Gasteiger partial charge in [-0.3, -0.25) is 0 Å². The van der Waals surface area contributed by atoms with Crippen LogP contribution in [0, 0.1) is 0 Å². The van der Waals surface area contributed by atoms with E-state index < -0.39 is 0 Å². The van der Waals surface area contributed by atoms with Gasteiger partial charge < -0.3 is 20.2 Å². The van der Waals surface area contributed by atoms with Gasteiger partial charge in [0, 0.05) is 30.4 Å². The van der Waals surface area contributed by atoms with Gasteiger partial charge in [-0.1, -0.05) is 17.2 Å². The van der Waals surface area contributed by atoms with E-state index in [4.69, 9.17) is 15.1 Å². The van der Waals surface area contributed by atoms with Gasteiger partial charge in [0.1, 0.15) is 5.82 Å². The number of rotatable bonds is 3. The van der Waals surface area contributed by atoms with Crippen molar-refractivity contribution in [2.75, 3.05) is 23.7 Å². The lowest BCUT2D eigenvalue weighted by Crippen LogP contribution is -2.38. The SMILES string of the molecule is Nc1nnc(-c2ccc3c(c2)C(c2nccc(N4CCC[C@@H](O)C4)n2)=CC3)o1. The number of hydrogen-bond donors (Lipinski definition) is 2. The normalized spacial score (nSPS) is 18.8. The molecule has 8 heteroatoms. The molecule has 2 aromatic heterocycles. The average Bonchev–Trinajstić information content (AvgIpc) is 3.34. The zero-order valence-corrected chi connectivity index (χ0v) is 15.2. The van der Waals surface area contributed by atoms with Crippen LogP contribution in [-0.4, -0.2) is 44.5 Å². The number of piperidine rings is 1. The molecular formula is C20H20N6O2. The van der Waals surface area contributed by atoms with Gasteiger partial charge in [0.15, 0.2) is 5.82 Å². The van der Waals surface area contributed by atoms with Crippen molar-refractivity contribution in [1.82, 2.24) is 20.2 Å². The van der Waals surface area contributed by atoms with Crippen LogP contribution < -0.4 is 10.6 Å². The zero-order chi connectivity index (χ0) is 19.1. The molecule has 8 nitrogen and oxygen atoms in total. The highest BCUT2D eigenvalue weighted by Crippen LogP contribution is 2.34. The van der Waals surface area contributed by atoms with Crippen molar-refractivity contribution < 1.29 is 9.52 Å². The molecule has 1 atom stereocenters. The third-order valence-electron chi connectivity index (χ3n) is 5.22. The van der Waals surface area contributed by atoms with Crippen LogP contribution in [0.25, 0.3) is 17.0 Å². The third kappa shape index (κ3) is 3.01. The van der Waals surface area contributed by atoms with Crippen molar-refractivity contribution >= 4 is 17.4 Å². The number of anilines is 2. The Morgan fingerprint density at radius 2 is 2.14 bits per heavy atom. The van der Waals surface area contributed by atoms with Crippen molar-refractivity contribution in [1.29, 1.82) is 0 Å². The molecule has 0 amide bonds. The number of aromatic nitrogens is 4. The Bertz CT molecular complexity index is 1060. The smallest absolute Gasteiger partial charge is 0.313 e. The van der Waals surface area contributed by atoms with Gasteiger partial charge in [0.2, 0.25) is 5.89 Å². The lowest BCUT2D eigenvalue weighted by Gasteiger charge is -2.31. The van der Waals surface area contributed by atoms with Gasteiger partial charge in [-0.15, -0.1) is 5.10 Å². The Labute approximate surface area is 161 Å². The van der Waals surface area contributed by atoms with E-state index in [0.717, 1.165) is 48.3 Å². The van der Waals surface area contributed by atoms with Crippen LogP contribution in [0.15, 0.2) is 41.0 Å². The topological polar surface area (TPSA) is 114 Å². The van der Waals surface area contributed by atoms with Crippen molar-refractivity contribution in [3.63, 3.8) is 0 Å². The molecule has 5 rings (SSSR count). The summed E-state index contributed by atoms with van der Waals surface area (Å²) in [6.45, 7) is 1.50. The number of nitrogen functional groups attached to an aromatic ring is 1. The standard InChI is InChI=1S/C20H20N6O2/c21-20-25-24-19(28-20)13-4-3-12-5-6-15(16(12)10-13)18-22-8-7-17(23-18)26-9-1-2-14(27)11-26/h3-4,6-8,10,14,27H,1-2,5,9,11H2,(H2,21,25)/t14-/m1/s1. The van der Waals surface area contributed by atoms with Crippen molar-refractivity contribution in [3.8, 4) is 11.5 Å². The first-order chi connectivity index (χ1) is 13.7. The fourth-order valence-electron chi connectivity index (χ4n) is 3.84. The molecule has 142 valence electrons. The van der Waals surface area contributed by atoms with E-state index in [1.54, 1.807) is 6.20 Å². The van der Waals surface area contributed by atoms with Crippen molar-refractivity contribution in [3.05, 3.63) is 53.5 Å². The molecule has 3 aromatic rings. The van der Waals surface area contributed by atoms with E-state index in [9.17, 15) is 5.11 Å². The lowest BCUT2D eigenvalue weighted by molar-refractivity contribution is 0.154. The molecule has 1 aliphatic heterocycles. The summed E-state index contributed by atoms with van der Waals surface area (Å²) in [6.07, 6.45) is 6.25. The summed E-state index contributed by atoms with van der Waals surface area (Å²) >= 11 is 0. The van der Waals surface area contributed by atoms with E-state index in [-0.39, 0.29) is 12.1 Å².